The third kappa shape index (κ3) is 4.35. The fourth-order valence-electron chi connectivity index (χ4n) is 3.02. The van der Waals surface area contributed by atoms with Crippen molar-refractivity contribution in [3.8, 4) is 11.4 Å². The molecule has 1 atom stereocenters. The highest BCUT2D eigenvalue weighted by atomic mass is 16.5. The largest absolute Gasteiger partial charge is 0.491 e. The van der Waals surface area contributed by atoms with E-state index in [9.17, 15) is 4.79 Å². The molecule has 27 heavy (non-hydrogen) atoms. The number of carbonyl (C=O) groups is 1. The van der Waals surface area contributed by atoms with Gasteiger partial charge >= 0.3 is 0 Å². The van der Waals surface area contributed by atoms with Crippen molar-refractivity contribution in [2.45, 2.75) is 18.9 Å². The number of nitrogens with one attached hydrogen (secondary N) is 1. The summed E-state index contributed by atoms with van der Waals surface area (Å²) < 4.78 is 13.2. The number of carbonyl (C=O) groups excluding carboxylic acids is 1. The number of rotatable bonds is 6. The highest BCUT2D eigenvalue weighted by Crippen LogP contribution is 2.19. The van der Waals surface area contributed by atoms with E-state index in [4.69, 9.17) is 9.47 Å². The number of hydrogen-bond acceptors (Lipinski definition) is 4. The van der Waals surface area contributed by atoms with Crippen molar-refractivity contribution in [1.82, 2.24) is 9.55 Å². The summed E-state index contributed by atoms with van der Waals surface area (Å²) in [6.07, 6.45) is 7.58. The minimum Gasteiger partial charge on any atom is -0.491 e. The molecule has 0 saturated carbocycles. The average Bonchev–Trinajstić information content (AvgIpc) is 3.41. The molecule has 2 heterocycles. The smallest absolute Gasteiger partial charge is 0.255 e. The average molecular weight is 363 g/mol. The first-order chi connectivity index (χ1) is 13.3. The summed E-state index contributed by atoms with van der Waals surface area (Å²) in [5, 5.41) is 2.91. The Balaban J connectivity index is 1.38. The summed E-state index contributed by atoms with van der Waals surface area (Å²) >= 11 is 0. The van der Waals surface area contributed by atoms with Crippen molar-refractivity contribution < 1.29 is 14.3 Å². The molecule has 1 aromatic heterocycles. The first-order valence-electron chi connectivity index (χ1n) is 9.02. The van der Waals surface area contributed by atoms with Crippen LogP contribution in [0.3, 0.4) is 0 Å². The third-order valence-electron chi connectivity index (χ3n) is 4.48. The van der Waals surface area contributed by atoms with Gasteiger partial charge in [-0.2, -0.15) is 0 Å². The van der Waals surface area contributed by atoms with Crippen molar-refractivity contribution in [3.63, 3.8) is 0 Å². The van der Waals surface area contributed by atoms with E-state index in [1.165, 1.54) is 0 Å². The molecule has 0 spiro atoms. The second kappa shape index (κ2) is 8.05. The molecule has 1 aliphatic rings. The molecular formula is C21H21N3O3. The Morgan fingerprint density at radius 1 is 1.26 bits per heavy atom. The molecule has 1 N–H and O–H groups in total. The summed E-state index contributed by atoms with van der Waals surface area (Å²) in [4.78, 5) is 16.6. The predicted molar refractivity (Wildman–Crippen MR) is 102 cm³/mol. The van der Waals surface area contributed by atoms with Gasteiger partial charge in [0.05, 0.1) is 12.4 Å². The number of amides is 1. The van der Waals surface area contributed by atoms with Crippen molar-refractivity contribution in [2.24, 2.45) is 0 Å². The maximum absolute atomic E-state index is 12.5. The Morgan fingerprint density at radius 3 is 2.89 bits per heavy atom. The number of aromatic nitrogens is 2. The second-order valence-corrected chi connectivity index (χ2v) is 6.44. The van der Waals surface area contributed by atoms with Gasteiger partial charge in [-0.25, -0.2) is 4.98 Å². The van der Waals surface area contributed by atoms with Crippen LogP contribution in [0.4, 0.5) is 5.69 Å². The summed E-state index contributed by atoms with van der Waals surface area (Å²) in [7, 11) is 0. The maximum Gasteiger partial charge on any atom is 0.255 e. The SMILES string of the molecule is O=C(Nc1ccc(-n2ccnc2)cc1)c1cccc(OCC2CCCO2)c1. The fraction of sp³-hybridized carbons (Fsp3) is 0.238. The molecule has 3 aromatic rings. The monoisotopic (exact) mass is 363 g/mol. The van der Waals surface area contributed by atoms with Crippen molar-refractivity contribution in [3.05, 3.63) is 72.8 Å². The van der Waals surface area contributed by atoms with Gasteiger partial charge in [-0.1, -0.05) is 6.07 Å². The summed E-state index contributed by atoms with van der Waals surface area (Å²) in [6.45, 7) is 1.32. The molecule has 1 saturated heterocycles. The van der Waals surface area contributed by atoms with Crippen LogP contribution in [0.15, 0.2) is 67.3 Å². The second-order valence-electron chi connectivity index (χ2n) is 6.44. The molecule has 2 aromatic carbocycles. The van der Waals surface area contributed by atoms with E-state index in [1.54, 1.807) is 24.7 Å². The summed E-state index contributed by atoms with van der Waals surface area (Å²) in [5.41, 5.74) is 2.27. The first kappa shape index (κ1) is 17.3. The Kier molecular flexibility index (Phi) is 5.16. The number of nitrogens with zero attached hydrogens (tertiary/aromatic N) is 2. The number of ether oxygens (including phenoxy) is 2. The topological polar surface area (TPSA) is 65.4 Å². The fourth-order valence-corrected chi connectivity index (χ4v) is 3.02. The van der Waals surface area contributed by atoms with Crippen molar-refractivity contribution in [2.75, 3.05) is 18.5 Å². The van der Waals surface area contributed by atoms with E-state index in [-0.39, 0.29) is 12.0 Å². The van der Waals surface area contributed by atoms with Crippen LogP contribution in [0.1, 0.15) is 23.2 Å². The lowest BCUT2D eigenvalue weighted by atomic mass is 10.2. The third-order valence-corrected chi connectivity index (χ3v) is 4.48. The number of benzene rings is 2. The minimum absolute atomic E-state index is 0.150. The molecule has 1 aliphatic heterocycles. The maximum atomic E-state index is 12.5. The molecule has 138 valence electrons. The highest BCUT2D eigenvalue weighted by molar-refractivity contribution is 6.04. The van der Waals surface area contributed by atoms with E-state index in [0.717, 1.165) is 30.8 Å². The lowest BCUT2D eigenvalue weighted by Gasteiger charge is -2.12. The van der Waals surface area contributed by atoms with Crippen LogP contribution in [-0.2, 0) is 4.74 Å². The number of imidazole rings is 1. The molecule has 1 fully saturated rings. The van der Waals surface area contributed by atoms with Crippen LogP contribution in [0.5, 0.6) is 5.75 Å². The first-order valence-corrected chi connectivity index (χ1v) is 9.02. The van der Waals surface area contributed by atoms with Crippen LogP contribution < -0.4 is 10.1 Å². The standard InChI is InChI=1S/C21H21N3O3/c25-21(23-17-6-8-18(9-7-17)24-11-10-22-15-24)16-3-1-4-19(13-16)27-14-20-5-2-12-26-20/h1,3-4,6-11,13,15,20H,2,5,12,14H2,(H,23,25). The summed E-state index contributed by atoms with van der Waals surface area (Å²) in [5.74, 6) is 0.501. The molecule has 1 unspecified atom stereocenters. The van der Waals surface area contributed by atoms with E-state index in [2.05, 4.69) is 10.3 Å². The van der Waals surface area contributed by atoms with Gasteiger partial charge in [0.25, 0.3) is 5.91 Å². The Morgan fingerprint density at radius 2 is 2.15 bits per heavy atom. The van der Waals surface area contributed by atoms with Gasteiger partial charge in [0.1, 0.15) is 12.4 Å². The quantitative estimate of drug-likeness (QED) is 0.725. The molecule has 1 amide bonds. The van der Waals surface area contributed by atoms with Crippen LogP contribution in [-0.4, -0.2) is 34.8 Å². The van der Waals surface area contributed by atoms with Gasteiger partial charge in [0, 0.05) is 35.9 Å². The molecule has 4 rings (SSSR count). The zero-order valence-corrected chi connectivity index (χ0v) is 14.9. The van der Waals surface area contributed by atoms with E-state index in [1.807, 2.05) is 47.2 Å². The Labute approximate surface area is 157 Å². The predicted octanol–water partition coefficient (Wildman–Crippen LogP) is 3.68. The highest BCUT2D eigenvalue weighted by Gasteiger charge is 2.16. The van der Waals surface area contributed by atoms with E-state index >= 15 is 0 Å². The van der Waals surface area contributed by atoms with E-state index < -0.39 is 0 Å². The number of anilines is 1. The van der Waals surface area contributed by atoms with Gasteiger partial charge in [0.2, 0.25) is 0 Å². The number of hydrogen-bond donors (Lipinski definition) is 1. The van der Waals surface area contributed by atoms with Gasteiger partial charge in [0.15, 0.2) is 0 Å². The Bertz CT molecular complexity index is 885. The lowest BCUT2D eigenvalue weighted by Crippen LogP contribution is -2.17. The van der Waals surface area contributed by atoms with E-state index in [0.29, 0.717) is 17.9 Å². The molecule has 0 aliphatic carbocycles. The van der Waals surface area contributed by atoms with Crippen LogP contribution in [0.2, 0.25) is 0 Å². The van der Waals surface area contributed by atoms with Gasteiger partial charge in [-0.15, -0.1) is 0 Å². The van der Waals surface area contributed by atoms with Crippen LogP contribution in [0, 0.1) is 0 Å². The van der Waals surface area contributed by atoms with Crippen LogP contribution in [0.25, 0.3) is 5.69 Å². The Hall–Kier alpha value is -3.12. The van der Waals surface area contributed by atoms with Gasteiger partial charge < -0.3 is 19.4 Å². The molecule has 6 nitrogen and oxygen atoms in total. The van der Waals surface area contributed by atoms with Crippen molar-refractivity contribution in [1.29, 1.82) is 0 Å². The van der Waals surface area contributed by atoms with Crippen LogP contribution >= 0.6 is 0 Å². The molecular weight excluding hydrogens is 342 g/mol. The lowest BCUT2D eigenvalue weighted by molar-refractivity contribution is 0.0679. The molecule has 6 heteroatoms. The minimum atomic E-state index is -0.173. The van der Waals surface area contributed by atoms with Crippen molar-refractivity contribution >= 4 is 11.6 Å². The molecule has 0 bridgehead atoms. The zero-order chi connectivity index (χ0) is 18.5. The zero-order valence-electron chi connectivity index (χ0n) is 14.9. The van der Waals surface area contributed by atoms with Gasteiger partial charge in [-0.05, 0) is 55.3 Å². The van der Waals surface area contributed by atoms with Gasteiger partial charge in [-0.3, -0.25) is 4.79 Å². The summed E-state index contributed by atoms with van der Waals surface area (Å²) in [6, 6.07) is 14.8. The normalized spacial score (nSPS) is 16.2. The molecule has 0 radical (unpaired) electrons.